The number of carbonyl (C=O) groups excluding carboxylic acids is 1. The SMILES string of the molecule is CC(NC(=O)c1cccc(Cl)c1Cl)c1cccnc1. The van der Waals surface area contributed by atoms with E-state index < -0.39 is 0 Å². The summed E-state index contributed by atoms with van der Waals surface area (Å²) < 4.78 is 0. The summed E-state index contributed by atoms with van der Waals surface area (Å²) in [5.41, 5.74) is 1.29. The molecule has 0 radical (unpaired) electrons. The maximum atomic E-state index is 12.1. The van der Waals surface area contributed by atoms with Gasteiger partial charge in [-0.15, -0.1) is 0 Å². The van der Waals surface area contributed by atoms with Gasteiger partial charge in [-0.05, 0) is 30.7 Å². The van der Waals surface area contributed by atoms with Gasteiger partial charge in [-0.3, -0.25) is 9.78 Å². The maximum absolute atomic E-state index is 12.1. The van der Waals surface area contributed by atoms with E-state index in [1.54, 1.807) is 30.6 Å². The maximum Gasteiger partial charge on any atom is 0.253 e. The van der Waals surface area contributed by atoms with E-state index in [2.05, 4.69) is 10.3 Å². The van der Waals surface area contributed by atoms with Gasteiger partial charge < -0.3 is 5.32 Å². The molecule has 0 saturated carbocycles. The predicted molar refractivity (Wildman–Crippen MR) is 76.6 cm³/mol. The second-order valence-corrected chi connectivity index (χ2v) is 4.87. The number of amides is 1. The minimum atomic E-state index is -0.260. The van der Waals surface area contributed by atoms with Crippen LogP contribution in [0.2, 0.25) is 10.0 Å². The van der Waals surface area contributed by atoms with Crippen LogP contribution < -0.4 is 5.32 Å². The largest absolute Gasteiger partial charge is 0.345 e. The number of nitrogens with zero attached hydrogens (tertiary/aromatic N) is 1. The molecule has 98 valence electrons. The normalized spacial score (nSPS) is 11.9. The highest BCUT2D eigenvalue weighted by atomic mass is 35.5. The molecule has 1 amide bonds. The highest BCUT2D eigenvalue weighted by molar-refractivity contribution is 6.43. The van der Waals surface area contributed by atoms with Crippen LogP contribution in [0.25, 0.3) is 0 Å². The molecular weight excluding hydrogens is 283 g/mol. The van der Waals surface area contributed by atoms with Crippen molar-refractivity contribution in [3.63, 3.8) is 0 Å². The second kappa shape index (κ2) is 6.04. The highest BCUT2D eigenvalue weighted by Crippen LogP contribution is 2.25. The molecule has 1 aromatic carbocycles. The van der Waals surface area contributed by atoms with Gasteiger partial charge in [-0.1, -0.05) is 35.3 Å². The van der Waals surface area contributed by atoms with E-state index in [1.807, 2.05) is 19.1 Å². The average molecular weight is 295 g/mol. The number of benzene rings is 1. The van der Waals surface area contributed by atoms with Gasteiger partial charge in [0.1, 0.15) is 0 Å². The van der Waals surface area contributed by atoms with Gasteiger partial charge in [-0.2, -0.15) is 0 Å². The lowest BCUT2D eigenvalue weighted by molar-refractivity contribution is 0.0940. The first-order valence-electron chi connectivity index (χ1n) is 5.74. The Balaban J connectivity index is 2.16. The van der Waals surface area contributed by atoms with Crippen molar-refractivity contribution in [1.82, 2.24) is 10.3 Å². The van der Waals surface area contributed by atoms with E-state index in [0.29, 0.717) is 10.6 Å². The highest BCUT2D eigenvalue weighted by Gasteiger charge is 2.15. The zero-order valence-corrected chi connectivity index (χ0v) is 11.7. The fraction of sp³-hybridized carbons (Fsp3) is 0.143. The van der Waals surface area contributed by atoms with Crippen LogP contribution in [-0.2, 0) is 0 Å². The van der Waals surface area contributed by atoms with Gasteiger partial charge >= 0.3 is 0 Å². The second-order valence-electron chi connectivity index (χ2n) is 4.08. The number of hydrogen-bond donors (Lipinski definition) is 1. The Hall–Kier alpha value is -1.58. The molecule has 0 aliphatic carbocycles. The number of nitrogens with one attached hydrogen (secondary N) is 1. The molecule has 1 atom stereocenters. The van der Waals surface area contributed by atoms with Crippen LogP contribution in [0.15, 0.2) is 42.7 Å². The van der Waals surface area contributed by atoms with Crippen LogP contribution in [0.5, 0.6) is 0 Å². The Morgan fingerprint density at radius 1 is 1.26 bits per heavy atom. The Morgan fingerprint density at radius 3 is 2.74 bits per heavy atom. The van der Waals surface area contributed by atoms with Crippen molar-refractivity contribution in [2.75, 3.05) is 0 Å². The third-order valence-electron chi connectivity index (χ3n) is 2.73. The summed E-state index contributed by atoms with van der Waals surface area (Å²) in [4.78, 5) is 16.1. The molecular formula is C14H12Cl2N2O. The molecule has 0 fully saturated rings. The Labute approximate surface area is 121 Å². The number of rotatable bonds is 3. The van der Waals surface area contributed by atoms with E-state index >= 15 is 0 Å². The first-order chi connectivity index (χ1) is 9.09. The van der Waals surface area contributed by atoms with Gasteiger partial charge in [0.05, 0.1) is 21.7 Å². The monoisotopic (exact) mass is 294 g/mol. The molecule has 0 spiro atoms. The van der Waals surface area contributed by atoms with E-state index in [4.69, 9.17) is 23.2 Å². The molecule has 3 nitrogen and oxygen atoms in total. The van der Waals surface area contributed by atoms with Crippen LogP contribution in [0.3, 0.4) is 0 Å². The third kappa shape index (κ3) is 3.25. The van der Waals surface area contributed by atoms with Gasteiger partial charge in [0.2, 0.25) is 0 Å². The molecule has 1 N–H and O–H groups in total. The van der Waals surface area contributed by atoms with Crippen LogP contribution in [0.1, 0.15) is 28.9 Å². The van der Waals surface area contributed by atoms with Crippen LogP contribution >= 0.6 is 23.2 Å². The van der Waals surface area contributed by atoms with Crippen molar-refractivity contribution in [1.29, 1.82) is 0 Å². The molecule has 1 unspecified atom stereocenters. The summed E-state index contributed by atoms with van der Waals surface area (Å²) in [6.07, 6.45) is 3.40. The van der Waals surface area contributed by atoms with Crippen LogP contribution in [0.4, 0.5) is 0 Å². The zero-order chi connectivity index (χ0) is 13.8. The molecule has 19 heavy (non-hydrogen) atoms. The number of hydrogen-bond acceptors (Lipinski definition) is 2. The summed E-state index contributed by atoms with van der Waals surface area (Å²) >= 11 is 11.9. The lowest BCUT2D eigenvalue weighted by Crippen LogP contribution is -2.27. The minimum absolute atomic E-state index is 0.156. The predicted octanol–water partition coefficient (Wildman–Crippen LogP) is 3.88. The molecule has 1 heterocycles. The topological polar surface area (TPSA) is 42.0 Å². The number of aromatic nitrogens is 1. The van der Waals surface area contributed by atoms with Crippen molar-refractivity contribution in [2.45, 2.75) is 13.0 Å². The molecule has 2 aromatic rings. The first kappa shape index (κ1) is 13.8. The molecule has 2 rings (SSSR count). The quantitative estimate of drug-likeness (QED) is 0.933. The number of pyridine rings is 1. The molecule has 0 bridgehead atoms. The van der Waals surface area contributed by atoms with E-state index in [0.717, 1.165) is 5.56 Å². The fourth-order valence-electron chi connectivity index (χ4n) is 1.67. The summed E-state index contributed by atoms with van der Waals surface area (Å²) in [5.74, 6) is -0.260. The molecule has 0 saturated heterocycles. The first-order valence-corrected chi connectivity index (χ1v) is 6.50. The summed E-state index contributed by atoms with van der Waals surface area (Å²) in [7, 11) is 0. The number of carbonyl (C=O) groups is 1. The average Bonchev–Trinajstić information content (AvgIpc) is 2.42. The van der Waals surface area contributed by atoms with Gasteiger partial charge in [0, 0.05) is 12.4 Å². The standard InChI is InChI=1S/C14H12Cl2N2O/c1-9(10-4-3-7-17-8-10)18-14(19)11-5-2-6-12(15)13(11)16/h2-9H,1H3,(H,18,19). The minimum Gasteiger partial charge on any atom is -0.345 e. The number of halogens is 2. The van der Waals surface area contributed by atoms with E-state index in [1.165, 1.54) is 0 Å². The Kier molecular flexibility index (Phi) is 4.40. The van der Waals surface area contributed by atoms with E-state index in [-0.39, 0.29) is 17.0 Å². The van der Waals surface area contributed by atoms with Gasteiger partial charge in [0.25, 0.3) is 5.91 Å². The summed E-state index contributed by atoms with van der Waals surface area (Å²) in [5, 5.41) is 3.49. The van der Waals surface area contributed by atoms with Crippen molar-refractivity contribution in [2.24, 2.45) is 0 Å². The molecule has 0 aliphatic rings. The van der Waals surface area contributed by atoms with Crippen molar-refractivity contribution >= 4 is 29.1 Å². The summed E-state index contributed by atoms with van der Waals surface area (Å²) in [6.45, 7) is 1.88. The summed E-state index contributed by atoms with van der Waals surface area (Å²) in [6, 6.07) is 8.54. The Bertz CT molecular complexity index is 587. The third-order valence-corrected chi connectivity index (χ3v) is 3.55. The van der Waals surface area contributed by atoms with Crippen molar-refractivity contribution < 1.29 is 4.79 Å². The van der Waals surface area contributed by atoms with Crippen molar-refractivity contribution in [3.8, 4) is 0 Å². The lowest BCUT2D eigenvalue weighted by atomic mass is 10.1. The van der Waals surface area contributed by atoms with Gasteiger partial charge in [0.15, 0.2) is 0 Å². The van der Waals surface area contributed by atoms with Gasteiger partial charge in [-0.25, -0.2) is 0 Å². The van der Waals surface area contributed by atoms with Crippen LogP contribution in [-0.4, -0.2) is 10.9 Å². The fourth-order valence-corrected chi connectivity index (χ4v) is 2.06. The van der Waals surface area contributed by atoms with Crippen molar-refractivity contribution in [3.05, 3.63) is 63.9 Å². The smallest absolute Gasteiger partial charge is 0.253 e. The van der Waals surface area contributed by atoms with Crippen LogP contribution in [0, 0.1) is 0 Å². The molecule has 5 heteroatoms. The Morgan fingerprint density at radius 2 is 2.05 bits per heavy atom. The zero-order valence-electron chi connectivity index (χ0n) is 10.2. The van der Waals surface area contributed by atoms with E-state index in [9.17, 15) is 4.79 Å². The lowest BCUT2D eigenvalue weighted by Gasteiger charge is -2.14. The molecule has 0 aliphatic heterocycles. The molecule has 1 aromatic heterocycles.